The average Bonchev–Trinajstić information content (AvgIpc) is 1.97. The Morgan fingerprint density at radius 3 is 1.59 bits per heavy atom. The lowest BCUT2D eigenvalue weighted by Crippen LogP contribution is -2.12. The predicted octanol–water partition coefficient (Wildman–Crippen LogP) is 0.347. The van der Waals surface area contributed by atoms with Gasteiger partial charge < -0.3 is 4.90 Å². The highest BCUT2D eigenvalue weighted by Gasteiger charge is 2.15. The average molecular weight is 293 g/mol. The van der Waals surface area contributed by atoms with Gasteiger partial charge in [0.25, 0.3) is 0 Å². The molecular formula is C7H19NO7S2. The number of unbranched alkanes of at least 4 members (excludes halogenated alkanes) is 2. The van der Waals surface area contributed by atoms with Gasteiger partial charge in [0.05, 0.1) is 0 Å². The third kappa shape index (κ3) is 25.8. The smallest absolute Gasteiger partial charge is 0.309 e. The summed E-state index contributed by atoms with van der Waals surface area (Å²) in [6.45, 7) is 3.48. The van der Waals surface area contributed by atoms with Crippen molar-refractivity contribution in [1.82, 2.24) is 4.90 Å². The first kappa shape index (κ1) is 19.1. The van der Waals surface area contributed by atoms with Gasteiger partial charge in [0.2, 0.25) is 0 Å². The second kappa shape index (κ2) is 8.78. The molecule has 0 aliphatic heterocycles. The summed E-state index contributed by atoms with van der Waals surface area (Å²) in [6.07, 6.45) is 4.05. The van der Waals surface area contributed by atoms with E-state index in [1.54, 1.807) is 0 Å². The summed E-state index contributed by atoms with van der Waals surface area (Å²) in [5.74, 6) is 0. The van der Waals surface area contributed by atoms with Crippen molar-refractivity contribution >= 4 is 20.8 Å². The van der Waals surface area contributed by atoms with Crippen molar-refractivity contribution < 1.29 is 29.6 Å². The summed E-state index contributed by atoms with van der Waals surface area (Å²) in [4.78, 5) is 2.23. The minimum Gasteiger partial charge on any atom is -0.309 e. The molecule has 0 aromatic carbocycles. The summed E-state index contributed by atoms with van der Waals surface area (Å²) in [5, 5.41) is 0. The maximum atomic E-state index is 9.44. The summed E-state index contributed by atoms with van der Waals surface area (Å²) < 4.78 is 55.6. The van der Waals surface area contributed by atoms with Crippen molar-refractivity contribution in [3.05, 3.63) is 0 Å². The molecule has 0 rings (SSSR count). The SMILES string of the molecule is CCCCCN(C)C.O=S(=O)(O)OS(=O)(=O)O. The Morgan fingerprint density at radius 1 is 1.00 bits per heavy atom. The van der Waals surface area contributed by atoms with Gasteiger partial charge in [-0.25, -0.2) is 0 Å². The van der Waals surface area contributed by atoms with E-state index in [1.165, 1.54) is 25.8 Å². The van der Waals surface area contributed by atoms with E-state index >= 15 is 0 Å². The van der Waals surface area contributed by atoms with E-state index in [0.717, 1.165) is 0 Å². The van der Waals surface area contributed by atoms with Crippen molar-refractivity contribution in [2.75, 3.05) is 20.6 Å². The molecule has 0 aliphatic carbocycles. The van der Waals surface area contributed by atoms with Crippen LogP contribution in [0.15, 0.2) is 0 Å². The summed E-state index contributed by atoms with van der Waals surface area (Å²) in [6, 6.07) is 0. The van der Waals surface area contributed by atoms with Crippen molar-refractivity contribution in [1.29, 1.82) is 0 Å². The zero-order valence-electron chi connectivity index (χ0n) is 10.0. The van der Waals surface area contributed by atoms with Gasteiger partial charge in [-0.1, -0.05) is 19.8 Å². The molecule has 0 radical (unpaired) electrons. The monoisotopic (exact) mass is 293 g/mol. The van der Waals surface area contributed by atoms with Crippen molar-refractivity contribution in [3.63, 3.8) is 0 Å². The Hall–Kier alpha value is -0.260. The van der Waals surface area contributed by atoms with E-state index in [0.29, 0.717) is 0 Å². The summed E-state index contributed by atoms with van der Waals surface area (Å²) in [7, 11) is -6.00. The van der Waals surface area contributed by atoms with Crippen molar-refractivity contribution in [2.24, 2.45) is 0 Å². The van der Waals surface area contributed by atoms with Gasteiger partial charge >= 0.3 is 20.8 Å². The molecule has 10 heteroatoms. The minimum absolute atomic E-state index is 1.24. The largest absolute Gasteiger partial charge is 0.413 e. The highest BCUT2D eigenvalue weighted by molar-refractivity contribution is 7.94. The summed E-state index contributed by atoms with van der Waals surface area (Å²) >= 11 is 0. The van der Waals surface area contributed by atoms with Gasteiger partial charge in [-0.15, -0.1) is 3.63 Å². The molecule has 0 aromatic heterocycles. The van der Waals surface area contributed by atoms with Gasteiger partial charge in [-0.3, -0.25) is 9.11 Å². The molecule has 0 heterocycles. The van der Waals surface area contributed by atoms with Crippen LogP contribution in [0.4, 0.5) is 0 Å². The topological polar surface area (TPSA) is 121 Å². The van der Waals surface area contributed by atoms with Crippen LogP contribution in [-0.4, -0.2) is 51.5 Å². The third-order valence-electron chi connectivity index (χ3n) is 1.38. The number of hydrogen-bond acceptors (Lipinski definition) is 6. The molecule has 0 bridgehead atoms. The molecule has 0 unspecified atom stereocenters. The van der Waals surface area contributed by atoms with Crippen molar-refractivity contribution in [2.45, 2.75) is 26.2 Å². The Kier molecular flexibility index (Phi) is 9.85. The van der Waals surface area contributed by atoms with Crippen molar-refractivity contribution in [3.8, 4) is 0 Å². The molecule has 17 heavy (non-hydrogen) atoms. The molecule has 0 amide bonds. The third-order valence-corrected chi connectivity index (χ3v) is 2.76. The van der Waals surface area contributed by atoms with Crippen LogP contribution in [0, 0.1) is 0 Å². The van der Waals surface area contributed by atoms with Crippen LogP contribution in [0.2, 0.25) is 0 Å². The second-order valence-corrected chi connectivity index (χ2v) is 5.69. The zero-order chi connectivity index (χ0) is 14.1. The molecule has 2 N–H and O–H groups in total. The first-order chi connectivity index (χ1) is 7.48. The molecule has 0 saturated heterocycles. The maximum absolute atomic E-state index is 9.44. The van der Waals surface area contributed by atoms with Crippen LogP contribution in [0.25, 0.3) is 0 Å². The standard InChI is InChI=1S/C7H17N.H2O7S2/c1-4-5-6-7-8(2)3;1-8(2,3)7-9(4,5)6/h4-7H2,1-3H3;(H,1,2,3)(H,4,5,6). The van der Waals surface area contributed by atoms with Gasteiger partial charge in [-0.2, -0.15) is 16.8 Å². The molecule has 106 valence electrons. The Labute approximate surface area is 102 Å². The molecule has 0 fully saturated rings. The van der Waals surface area contributed by atoms with E-state index < -0.39 is 20.8 Å². The highest BCUT2D eigenvalue weighted by atomic mass is 32.3. The van der Waals surface area contributed by atoms with E-state index in [4.69, 9.17) is 9.11 Å². The van der Waals surface area contributed by atoms with E-state index in [2.05, 4.69) is 29.5 Å². The lowest BCUT2D eigenvalue weighted by atomic mass is 10.2. The maximum Gasteiger partial charge on any atom is 0.413 e. The second-order valence-electron chi connectivity index (χ2n) is 3.43. The normalized spacial score (nSPS) is 12.1. The molecule has 0 saturated carbocycles. The van der Waals surface area contributed by atoms with Crippen LogP contribution in [0.5, 0.6) is 0 Å². The van der Waals surface area contributed by atoms with Crippen LogP contribution in [-0.2, 0) is 24.4 Å². The lowest BCUT2D eigenvalue weighted by molar-refractivity contribution is 0.344. The molecule has 0 spiro atoms. The lowest BCUT2D eigenvalue weighted by Gasteiger charge is -2.06. The van der Waals surface area contributed by atoms with Gasteiger partial charge in [0, 0.05) is 0 Å². The first-order valence-electron chi connectivity index (χ1n) is 4.78. The fourth-order valence-electron chi connectivity index (χ4n) is 0.787. The molecular weight excluding hydrogens is 274 g/mol. The number of hydrogen-bond donors (Lipinski definition) is 2. The van der Waals surface area contributed by atoms with E-state index in [1.807, 2.05) is 0 Å². The van der Waals surface area contributed by atoms with Crippen LogP contribution >= 0.6 is 0 Å². The quantitative estimate of drug-likeness (QED) is 0.531. The van der Waals surface area contributed by atoms with Crippen LogP contribution in [0.1, 0.15) is 26.2 Å². The zero-order valence-corrected chi connectivity index (χ0v) is 11.7. The highest BCUT2D eigenvalue weighted by Crippen LogP contribution is 1.93. The fraction of sp³-hybridized carbons (Fsp3) is 1.00. The van der Waals surface area contributed by atoms with E-state index in [9.17, 15) is 16.8 Å². The van der Waals surface area contributed by atoms with E-state index in [-0.39, 0.29) is 0 Å². The minimum atomic E-state index is -5.12. The first-order valence-corrected chi connectivity index (χ1v) is 7.51. The molecule has 0 aliphatic rings. The fourth-order valence-corrected chi connectivity index (χ4v) is 1.66. The number of nitrogens with zero attached hydrogens (tertiary/aromatic N) is 1. The van der Waals surface area contributed by atoms with Gasteiger partial charge in [0.15, 0.2) is 0 Å². The summed E-state index contributed by atoms with van der Waals surface area (Å²) in [5.41, 5.74) is 0. The molecule has 0 aromatic rings. The molecule has 8 nitrogen and oxygen atoms in total. The van der Waals surface area contributed by atoms with Gasteiger partial charge in [-0.05, 0) is 27.1 Å². The van der Waals surface area contributed by atoms with Gasteiger partial charge in [0.1, 0.15) is 0 Å². The predicted molar refractivity (Wildman–Crippen MR) is 62.3 cm³/mol. The van der Waals surface area contributed by atoms with Crippen LogP contribution in [0.3, 0.4) is 0 Å². The number of rotatable bonds is 6. The van der Waals surface area contributed by atoms with Crippen LogP contribution < -0.4 is 0 Å². The Morgan fingerprint density at radius 2 is 1.41 bits per heavy atom. The Balaban J connectivity index is 0. The molecule has 0 atom stereocenters. The Bertz CT molecular complexity index is 343.